The Morgan fingerprint density at radius 1 is 1.08 bits per heavy atom. The molecule has 3 unspecified atom stereocenters. The Morgan fingerprint density at radius 2 is 2.08 bits per heavy atom. The number of hydrogen-bond donors (Lipinski definition) is 0. The van der Waals surface area contributed by atoms with Crippen molar-refractivity contribution in [3.8, 4) is 0 Å². The van der Waals surface area contributed by atoms with Crippen molar-refractivity contribution in [3.05, 3.63) is 0 Å². The predicted octanol–water partition coefficient (Wildman–Crippen LogP) is 1.26. The van der Waals surface area contributed by atoms with Gasteiger partial charge in [0.1, 0.15) is 0 Å². The molecule has 0 spiro atoms. The minimum atomic E-state index is 0.629. The maximum absolute atomic E-state index is 5.74. The van der Waals surface area contributed by atoms with Crippen molar-refractivity contribution < 1.29 is 4.74 Å². The molecule has 3 aliphatic heterocycles. The Hall–Kier alpha value is -0.0800. The van der Waals surface area contributed by atoms with Crippen LogP contribution in [0.3, 0.4) is 0 Å². The van der Waals surface area contributed by atoms with Crippen LogP contribution in [0.5, 0.6) is 0 Å². The Bertz CT molecular complexity index is 163. The summed E-state index contributed by atoms with van der Waals surface area (Å²) in [5, 5.41) is 0. The number of rotatable bonds is 0. The van der Waals surface area contributed by atoms with Crippen LogP contribution in [0.25, 0.3) is 0 Å². The zero-order valence-corrected chi connectivity index (χ0v) is 7.54. The highest BCUT2D eigenvalue weighted by molar-refractivity contribution is 4.95. The Labute approximate surface area is 73.9 Å². The van der Waals surface area contributed by atoms with Crippen LogP contribution in [0.2, 0.25) is 0 Å². The van der Waals surface area contributed by atoms with Crippen LogP contribution >= 0.6 is 0 Å². The summed E-state index contributed by atoms with van der Waals surface area (Å²) >= 11 is 0. The van der Waals surface area contributed by atoms with Gasteiger partial charge in [-0.2, -0.15) is 0 Å². The van der Waals surface area contributed by atoms with Crippen molar-refractivity contribution in [1.82, 2.24) is 4.90 Å². The monoisotopic (exact) mass is 167 g/mol. The summed E-state index contributed by atoms with van der Waals surface area (Å²) in [6, 6.07) is 0.895. The number of hydrogen-bond acceptors (Lipinski definition) is 2. The van der Waals surface area contributed by atoms with E-state index in [9.17, 15) is 0 Å². The number of ether oxygens (including phenoxy) is 1. The minimum Gasteiger partial charge on any atom is -0.378 e. The second kappa shape index (κ2) is 2.71. The third kappa shape index (κ3) is 0.944. The van der Waals surface area contributed by atoms with Crippen molar-refractivity contribution in [2.24, 2.45) is 5.92 Å². The highest BCUT2D eigenvalue weighted by Gasteiger charge is 2.42. The lowest BCUT2D eigenvalue weighted by Crippen LogP contribution is -2.45. The molecule has 0 saturated carbocycles. The predicted molar refractivity (Wildman–Crippen MR) is 47.1 cm³/mol. The minimum absolute atomic E-state index is 0.629. The van der Waals surface area contributed by atoms with Crippen molar-refractivity contribution in [2.75, 3.05) is 19.7 Å². The zero-order valence-electron chi connectivity index (χ0n) is 7.54. The van der Waals surface area contributed by atoms with E-state index in [1.807, 2.05) is 0 Å². The molecule has 3 rings (SSSR count). The Kier molecular flexibility index (Phi) is 1.66. The van der Waals surface area contributed by atoms with Gasteiger partial charge < -0.3 is 4.74 Å². The highest BCUT2D eigenvalue weighted by Crippen LogP contribution is 2.38. The third-order valence-corrected chi connectivity index (χ3v) is 3.87. The van der Waals surface area contributed by atoms with E-state index in [-0.39, 0.29) is 0 Å². The summed E-state index contributed by atoms with van der Waals surface area (Å²) in [7, 11) is 0. The maximum Gasteiger partial charge on any atom is 0.0631 e. The molecule has 0 aliphatic carbocycles. The van der Waals surface area contributed by atoms with Gasteiger partial charge in [-0.05, 0) is 32.2 Å². The van der Waals surface area contributed by atoms with Crippen molar-refractivity contribution >= 4 is 0 Å². The summed E-state index contributed by atoms with van der Waals surface area (Å²) in [6.07, 6.45) is 6.11. The van der Waals surface area contributed by atoms with E-state index in [4.69, 9.17) is 4.74 Å². The lowest BCUT2D eigenvalue weighted by molar-refractivity contribution is 0.0167. The number of piperidine rings is 1. The first-order chi connectivity index (χ1) is 5.95. The summed E-state index contributed by atoms with van der Waals surface area (Å²) in [6.45, 7) is 3.68. The lowest BCUT2D eigenvalue weighted by atomic mass is 9.86. The molecule has 12 heavy (non-hydrogen) atoms. The van der Waals surface area contributed by atoms with E-state index in [0.717, 1.165) is 18.6 Å². The van der Waals surface area contributed by atoms with Crippen LogP contribution in [0.4, 0.5) is 0 Å². The average molecular weight is 167 g/mol. The van der Waals surface area contributed by atoms with Gasteiger partial charge in [0.15, 0.2) is 0 Å². The highest BCUT2D eigenvalue weighted by atomic mass is 16.5. The average Bonchev–Trinajstić information content (AvgIpc) is 2.71. The fourth-order valence-electron chi connectivity index (χ4n) is 3.31. The van der Waals surface area contributed by atoms with Gasteiger partial charge in [-0.25, -0.2) is 0 Å². The van der Waals surface area contributed by atoms with E-state index in [2.05, 4.69) is 4.90 Å². The molecule has 3 aliphatic rings. The van der Waals surface area contributed by atoms with Crippen molar-refractivity contribution in [2.45, 2.75) is 37.8 Å². The molecular weight excluding hydrogens is 150 g/mol. The Balaban J connectivity index is 1.81. The molecule has 0 bridgehead atoms. The van der Waals surface area contributed by atoms with Crippen LogP contribution in [0, 0.1) is 5.92 Å². The zero-order chi connectivity index (χ0) is 7.97. The van der Waals surface area contributed by atoms with Crippen molar-refractivity contribution in [1.29, 1.82) is 0 Å². The van der Waals surface area contributed by atoms with E-state index >= 15 is 0 Å². The molecule has 0 aromatic carbocycles. The number of nitrogens with zero attached hydrogens (tertiary/aromatic N) is 1. The van der Waals surface area contributed by atoms with Gasteiger partial charge in [0.05, 0.1) is 6.10 Å². The van der Waals surface area contributed by atoms with Gasteiger partial charge in [-0.3, -0.25) is 4.90 Å². The van der Waals surface area contributed by atoms with Crippen LogP contribution in [0.1, 0.15) is 25.7 Å². The van der Waals surface area contributed by atoms with Crippen LogP contribution in [0.15, 0.2) is 0 Å². The van der Waals surface area contributed by atoms with Gasteiger partial charge in [0, 0.05) is 25.1 Å². The molecule has 2 nitrogen and oxygen atoms in total. The maximum atomic E-state index is 5.74. The van der Waals surface area contributed by atoms with E-state index in [0.29, 0.717) is 6.10 Å². The molecule has 3 heterocycles. The molecule has 3 fully saturated rings. The summed E-state index contributed by atoms with van der Waals surface area (Å²) in [5.41, 5.74) is 0. The summed E-state index contributed by atoms with van der Waals surface area (Å²) in [4.78, 5) is 2.69. The van der Waals surface area contributed by atoms with Crippen LogP contribution in [-0.4, -0.2) is 36.7 Å². The van der Waals surface area contributed by atoms with Gasteiger partial charge in [-0.1, -0.05) is 0 Å². The first-order valence-corrected chi connectivity index (χ1v) is 5.31. The van der Waals surface area contributed by atoms with Crippen LogP contribution in [-0.2, 0) is 4.74 Å². The van der Waals surface area contributed by atoms with Gasteiger partial charge >= 0.3 is 0 Å². The first-order valence-electron chi connectivity index (χ1n) is 5.31. The molecule has 2 heteroatoms. The molecule has 0 aromatic rings. The molecule has 3 saturated heterocycles. The normalized spacial score (nSPS) is 47.5. The van der Waals surface area contributed by atoms with Gasteiger partial charge in [0.2, 0.25) is 0 Å². The molecule has 0 aromatic heterocycles. The molecule has 0 amide bonds. The molecule has 3 atom stereocenters. The SMILES string of the molecule is C1CC2C3CCOC3CCN2C1. The Morgan fingerprint density at radius 3 is 3.08 bits per heavy atom. The lowest BCUT2D eigenvalue weighted by Gasteiger charge is -2.37. The molecule has 0 radical (unpaired) electrons. The summed E-state index contributed by atoms with van der Waals surface area (Å²) in [5.74, 6) is 0.890. The second-order valence-corrected chi connectivity index (χ2v) is 4.40. The van der Waals surface area contributed by atoms with Crippen molar-refractivity contribution in [3.63, 3.8) is 0 Å². The summed E-state index contributed by atoms with van der Waals surface area (Å²) < 4.78 is 5.74. The van der Waals surface area contributed by atoms with Gasteiger partial charge in [-0.15, -0.1) is 0 Å². The quantitative estimate of drug-likeness (QED) is 0.538. The van der Waals surface area contributed by atoms with E-state index < -0.39 is 0 Å². The van der Waals surface area contributed by atoms with Gasteiger partial charge in [0.25, 0.3) is 0 Å². The molecule has 68 valence electrons. The smallest absolute Gasteiger partial charge is 0.0631 e. The van der Waals surface area contributed by atoms with E-state index in [1.54, 1.807) is 0 Å². The topological polar surface area (TPSA) is 12.5 Å². The molecule has 0 N–H and O–H groups in total. The van der Waals surface area contributed by atoms with Crippen LogP contribution < -0.4 is 0 Å². The second-order valence-electron chi connectivity index (χ2n) is 4.40. The standard InChI is InChI=1S/C10H17NO/c1-2-9-8-4-7-12-10(8)3-6-11(9)5-1/h8-10H,1-7H2. The fraction of sp³-hybridized carbons (Fsp3) is 1.00. The first kappa shape index (κ1) is 7.34. The third-order valence-electron chi connectivity index (χ3n) is 3.87. The fourth-order valence-corrected chi connectivity index (χ4v) is 3.31. The largest absolute Gasteiger partial charge is 0.378 e. The van der Waals surface area contributed by atoms with E-state index in [1.165, 1.54) is 38.8 Å². The number of fused-ring (bicyclic) bond motifs is 3. The molecular formula is C10H17NO.